The Balaban J connectivity index is 1.66. The molecule has 160 valence electrons. The van der Waals surface area contributed by atoms with E-state index >= 15 is 0 Å². The van der Waals surface area contributed by atoms with Crippen LogP contribution in [0.3, 0.4) is 0 Å². The number of nitrogens with one attached hydrogen (secondary N) is 1. The highest BCUT2D eigenvalue weighted by molar-refractivity contribution is 6.39. The Morgan fingerprint density at radius 3 is 2.44 bits per heavy atom. The molecular formula is C21H11ClFN3O6. The summed E-state index contributed by atoms with van der Waals surface area (Å²) in [5.74, 6) is -2.06. The van der Waals surface area contributed by atoms with Gasteiger partial charge < -0.3 is 4.42 Å². The average Bonchev–Trinajstić information content (AvgIpc) is 3.20. The summed E-state index contributed by atoms with van der Waals surface area (Å²) in [5, 5.41) is 13.0. The number of non-ortho nitro benzene ring substituents is 1. The van der Waals surface area contributed by atoms with Gasteiger partial charge in [-0.3, -0.25) is 25.0 Å². The zero-order valence-electron chi connectivity index (χ0n) is 15.9. The summed E-state index contributed by atoms with van der Waals surface area (Å²) in [6, 6.07) is 10.4. The van der Waals surface area contributed by atoms with Gasteiger partial charge in [0.15, 0.2) is 0 Å². The Morgan fingerprint density at radius 1 is 1.06 bits per heavy atom. The van der Waals surface area contributed by atoms with Crippen molar-refractivity contribution in [1.29, 1.82) is 0 Å². The van der Waals surface area contributed by atoms with Crippen molar-refractivity contribution in [3.05, 3.63) is 86.9 Å². The van der Waals surface area contributed by atoms with Gasteiger partial charge in [0.25, 0.3) is 17.5 Å². The summed E-state index contributed by atoms with van der Waals surface area (Å²) < 4.78 is 18.8. The summed E-state index contributed by atoms with van der Waals surface area (Å²) in [4.78, 5) is 48.2. The second kappa shape index (κ2) is 8.08. The number of nitro groups is 1. The number of furan rings is 1. The standard InChI is InChI=1S/C21H11ClFN3O6/c22-17-9-13(26(30)31)5-7-15(17)18-8-6-14(32-18)10-16-19(27)24-21(29)25(20(16)28)12-3-1-11(23)2-4-12/h1-10H,(H,24,27,29)/b16-10+. The van der Waals surface area contributed by atoms with E-state index in [1.165, 1.54) is 42.5 Å². The zero-order chi connectivity index (χ0) is 23.0. The highest BCUT2D eigenvalue weighted by Gasteiger charge is 2.37. The van der Waals surface area contributed by atoms with Gasteiger partial charge in [0.2, 0.25) is 0 Å². The number of urea groups is 1. The number of benzene rings is 2. The molecule has 4 rings (SSSR count). The summed E-state index contributed by atoms with van der Waals surface area (Å²) >= 11 is 6.10. The van der Waals surface area contributed by atoms with Crippen molar-refractivity contribution < 1.29 is 28.1 Å². The molecule has 3 aromatic rings. The van der Waals surface area contributed by atoms with E-state index in [1.807, 2.05) is 5.32 Å². The van der Waals surface area contributed by atoms with Gasteiger partial charge in [0, 0.05) is 17.7 Å². The third-order valence-electron chi connectivity index (χ3n) is 4.53. The first-order valence-corrected chi connectivity index (χ1v) is 9.33. The summed E-state index contributed by atoms with van der Waals surface area (Å²) in [6.45, 7) is 0. The quantitative estimate of drug-likeness (QED) is 0.270. The Bertz CT molecular complexity index is 1320. The van der Waals surface area contributed by atoms with Crippen LogP contribution in [0.25, 0.3) is 17.4 Å². The average molecular weight is 456 g/mol. The molecule has 0 saturated carbocycles. The van der Waals surface area contributed by atoms with E-state index in [1.54, 1.807) is 0 Å². The summed E-state index contributed by atoms with van der Waals surface area (Å²) in [6.07, 6.45) is 1.14. The van der Waals surface area contributed by atoms with Crippen LogP contribution in [-0.2, 0) is 9.59 Å². The molecule has 0 unspecified atom stereocenters. The SMILES string of the molecule is O=C1NC(=O)N(c2ccc(F)cc2)C(=O)/C1=C/c1ccc(-c2ccc([N+](=O)[O-])cc2Cl)o1. The van der Waals surface area contributed by atoms with Gasteiger partial charge in [-0.15, -0.1) is 0 Å². The predicted octanol–water partition coefficient (Wildman–Crippen LogP) is 4.31. The minimum Gasteiger partial charge on any atom is -0.457 e. The first-order chi connectivity index (χ1) is 15.2. The fourth-order valence-corrected chi connectivity index (χ4v) is 3.28. The molecule has 11 heteroatoms. The predicted molar refractivity (Wildman–Crippen MR) is 111 cm³/mol. The van der Waals surface area contributed by atoms with Crippen LogP contribution in [0.15, 0.2) is 64.6 Å². The first-order valence-electron chi connectivity index (χ1n) is 8.96. The smallest absolute Gasteiger partial charge is 0.335 e. The van der Waals surface area contributed by atoms with Crippen LogP contribution in [0, 0.1) is 15.9 Å². The van der Waals surface area contributed by atoms with Gasteiger partial charge in [-0.1, -0.05) is 11.6 Å². The lowest BCUT2D eigenvalue weighted by Crippen LogP contribution is -2.54. The molecule has 2 aromatic carbocycles. The third-order valence-corrected chi connectivity index (χ3v) is 4.84. The van der Waals surface area contributed by atoms with E-state index in [4.69, 9.17) is 16.0 Å². The molecule has 1 aliphatic rings. The number of nitro benzene ring substituents is 1. The van der Waals surface area contributed by atoms with Crippen LogP contribution in [-0.4, -0.2) is 22.8 Å². The van der Waals surface area contributed by atoms with Crippen molar-refractivity contribution in [1.82, 2.24) is 5.32 Å². The van der Waals surface area contributed by atoms with Crippen molar-refractivity contribution in [2.24, 2.45) is 0 Å². The van der Waals surface area contributed by atoms with Crippen LogP contribution in [0.5, 0.6) is 0 Å². The molecule has 4 amide bonds. The maximum absolute atomic E-state index is 13.2. The molecular weight excluding hydrogens is 445 g/mol. The summed E-state index contributed by atoms with van der Waals surface area (Å²) in [7, 11) is 0. The number of amides is 4. The molecule has 1 fully saturated rings. The Kier molecular flexibility index (Phi) is 5.29. The number of anilines is 1. The van der Waals surface area contributed by atoms with Crippen molar-refractivity contribution >= 4 is 46.9 Å². The van der Waals surface area contributed by atoms with Gasteiger partial charge in [0.1, 0.15) is 22.9 Å². The van der Waals surface area contributed by atoms with Crippen LogP contribution in [0.1, 0.15) is 5.76 Å². The molecule has 2 heterocycles. The Hall–Kier alpha value is -4.31. The van der Waals surface area contributed by atoms with Gasteiger partial charge in [-0.2, -0.15) is 0 Å². The lowest BCUT2D eigenvalue weighted by atomic mass is 10.1. The number of hydrogen-bond acceptors (Lipinski definition) is 6. The van der Waals surface area contributed by atoms with Gasteiger partial charge in [-0.25, -0.2) is 14.1 Å². The lowest BCUT2D eigenvalue weighted by Gasteiger charge is -2.26. The number of nitrogens with zero attached hydrogens (tertiary/aromatic N) is 2. The van der Waals surface area contributed by atoms with Crippen LogP contribution in [0.2, 0.25) is 5.02 Å². The molecule has 1 N–H and O–H groups in total. The molecule has 32 heavy (non-hydrogen) atoms. The fourth-order valence-electron chi connectivity index (χ4n) is 3.02. The number of halogens is 2. The largest absolute Gasteiger partial charge is 0.457 e. The van der Waals surface area contributed by atoms with Gasteiger partial charge >= 0.3 is 6.03 Å². The fraction of sp³-hybridized carbons (Fsp3) is 0. The van der Waals surface area contributed by atoms with E-state index in [-0.39, 0.29) is 33.5 Å². The molecule has 0 spiro atoms. The van der Waals surface area contributed by atoms with Crippen molar-refractivity contribution in [2.75, 3.05) is 4.90 Å². The number of carbonyl (C=O) groups excluding carboxylic acids is 3. The Labute approximate surface area is 183 Å². The molecule has 1 saturated heterocycles. The number of hydrogen-bond donors (Lipinski definition) is 1. The molecule has 1 aromatic heterocycles. The first kappa shape index (κ1) is 20.9. The van der Waals surface area contributed by atoms with E-state index in [0.717, 1.165) is 18.2 Å². The summed E-state index contributed by atoms with van der Waals surface area (Å²) in [5.41, 5.74) is -0.137. The van der Waals surface area contributed by atoms with E-state index in [9.17, 15) is 28.9 Å². The number of carbonyl (C=O) groups is 3. The molecule has 0 bridgehead atoms. The maximum atomic E-state index is 13.2. The van der Waals surface area contributed by atoms with Gasteiger partial charge in [-0.05, 0) is 48.5 Å². The second-order valence-electron chi connectivity index (χ2n) is 6.56. The van der Waals surface area contributed by atoms with Crippen molar-refractivity contribution in [3.8, 4) is 11.3 Å². The molecule has 9 nitrogen and oxygen atoms in total. The van der Waals surface area contributed by atoms with E-state index in [2.05, 4.69) is 0 Å². The molecule has 1 aliphatic heterocycles. The number of barbiturate groups is 1. The topological polar surface area (TPSA) is 123 Å². The second-order valence-corrected chi connectivity index (χ2v) is 6.96. The third kappa shape index (κ3) is 3.86. The highest BCUT2D eigenvalue weighted by atomic mass is 35.5. The van der Waals surface area contributed by atoms with Crippen LogP contribution >= 0.6 is 11.6 Å². The van der Waals surface area contributed by atoms with Gasteiger partial charge in [0.05, 0.1) is 15.6 Å². The maximum Gasteiger partial charge on any atom is 0.335 e. The monoisotopic (exact) mass is 455 g/mol. The normalized spacial score (nSPS) is 15.2. The highest BCUT2D eigenvalue weighted by Crippen LogP contribution is 2.33. The molecule has 0 atom stereocenters. The molecule has 0 radical (unpaired) electrons. The number of imide groups is 2. The minimum atomic E-state index is -0.971. The van der Waals surface area contributed by atoms with E-state index in [0.29, 0.717) is 10.5 Å². The minimum absolute atomic E-state index is 0.0742. The van der Waals surface area contributed by atoms with Crippen LogP contribution < -0.4 is 10.2 Å². The molecule has 0 aliphatic carbocycles. The Morgan fingerprint density at radius 2 is 1.78 bits per heavy atom. The zero-order valence-corrected chi connectivity index (χ0v) is 16.6. The lowest BCUT2D eigenvalue weighted by molar-refractivity contribution is -0.384. The van der Waals surface area contributed by atoms with E-state index < -0.39 is 28.6 Å². The van der Waals surface area contributed by atoms with Crippen molar-refractivity contribution in [2.45, 2.75) is 0 Å². The van der Waals surface area contributed by atoms with Crippen molar-refractivity contribution in [3.63, 3.8) is 0 Å². The van der Waals surface area contributed by atoms with Crippen LogP contribution in [0.4, 0.5) is 20.6 Å². The number of rotatable bonds is 4.